The van der Waals surface area contributed by atoms with Crippen LogP contribution >= 0.6 is 0 Å². The number of hydrogen-bond donors (Lipinski definition) is 2. The number of hydrogen-bond acceptors (Lipinski definition) is 3. The quantitative estimate of drug-likeness (QED) is 0.456. The molecule has 1 aliphatic carbocycles. The topological polar surface area (TPSA) is 66.4 Å². The zero-order valence-electron chi connectivity index (χ0n) is 9.58. The number of halogens is 1. The maximum absolute atomic E-state index is 13.9. The average molecular weight is 253 g/mol. The molecule has 16 heavy (non-hydrogen) atoms. The predicted molar refractivity (Wildman–Crippen MR) is 60.6 cm³/mol. The van der Waals surface area contributed by atoms with Crippen molar-refractivity contribution in [2.45, 2.75) is 57.3 Å². The maximum Gasteiger partial charge on any atom is 0.269 e. The third-order valence-electron chi connectivity index (χ3n) is 2.81. The highest BCUT2D eigenvalue weighted by atomic mass is 32.2. The summed E-state index contributed by atoms with van der Waals surface area (Å²) >= 11 is 0. The van der Waals surface area contributed by atoms with E-state index in [4.69, 9.17) is 4.55 Å². The lowest BCUT2D eigenvalue weighted by Gasteiger charge is -2.26. The molecule has 1 atom stereocenters. The fourth-order valence-corrected chi connectivity index (χ4v) is 3.00. The van der Waals surface area contributed by atoms with Crippen LogP contribution in [0.3, 0.4) is 0 Å². The van der Waals surface area contributed by atoms with Crippen molar-refractivity contribution in [3.8, 4) is 0 Å². The molecule has 0 radical (unpaired) electrons. The summed E-state index contributed by atoms with van der Waals surface area (Å²) in [4.78, 5) is 0. The van der Waals surface area contributed by atoms with Gasteiger partial charge in [-0.25, -0.2) is 4.39 Å². The first kappa shape index (κ1) is 13.9. The highest BCUT2D eigenvalue weighted by Gasteiger charge is 2.31. The molecule has 1 aliphatic rings. The van der Waals surface area contributed by atoms with E-state index < -0.39 is 21.7 Å². The molecule has 0 saturated heterocycles. The van der Waals surface area contributed by atoms with Crippen molar-refractivity contribution in [3.63, 3.8) is 0 Å². The second-order valence-corrected chi connectivity index (χ2v) is 6.21. The fourth-order valence-electron chi connectivity index (χ4n) is 2.23. The van der Waals surface area contributed by atoms with E-state index in [2.05, 4.69) is 5.32 Å². The van der Waals surface area contributed by atoms with Crippen LogP contribution in [0.25, 0.3) is 0 Å². The molecular formula is C10H20FNO3S. The van der Waals surface area contributed by atoms with Gasteiger partial charge < -0.3 is 0 Å². The summed E-state index contributed by atoms with van der Waals surface area (Å²) in [5, 5.41) is 2.69. The number of rotatable bonds is 4. The van der Waals surface area contributed by atoms with E-state index in [9.17, 15) is 12.8 Å². The lowest BCUT2D eigenvalue weighted by Crippen LogP contribution is -2.49. The summed E-state index contributed by atoms with van der Waals surface area (Å²) in [6.07, 6.45) is 6.12. The molecule has 4 nitrogen and oxygen atoms in total. The van der Waals surface area contributed by atoms with Crippen LogP contribution in [0.5, 0.6) is 0 Å². The Morgan fingerprint density at radius 3 is 2.25 bits per heavy atom. The molecule has 0 aliphatic heterocycles. The van der Waals surface area contributed by atoms with Gasteiger partial charge in [0.05, 0.1) is 0 Å². The monoisotopic (exact) mass is 253 g/mol. The Morgan fingerprint density at radius 1 is 1.31 bits per heavy atom. The minimum atomic E-state index is -4.28. The van der Waals surface area contributed by atoms with Crippen molar-refractivity contribution in [1.82, 2.24) is 5.32 Å². The van der Waals surface area contributed by atoms with Crippen LogP contribution in [0.1, 0.15) is 45.4 Å². The molecule has 6 heteroatoms. The van der Waals surface area contributed by atoms with Crippen molar-refractivity contribution >= 4 is 10.1 Å². The standard InChI is InChI=1S/C10H20FNO3S/c1-10(11,8-16(13,14)15)12-9-6-4-2-3-5-7-9/h9,12H,2-8H2,1H3,(H,13,14,15)/t10-/m1/s1. The predicted octanol–water partition coefficient (Wildman–Crippen LogP) is 1.87. The second kappa shape index (κ2) is 5.42. The molecule has 1 fully saturated rings. The molecule has 1 rings (SSSR count). The van der Waals surface area contributed by atoms with Crippen molar-refractivity contribution in [2.75, 3.05) is 5.75 Å². The fraction of sp³-hybridized carbons (Fsp3) is 1.00. The molecule has 1 saturated carbocycles. The first-order valence-electron chi connectivity index (χ1n) is 5.70. The Hall–Kier alpha value is -0.200. The van der Waals surface area contributed by atoms with Gasteiger partial charge in [0.25, 0.3) is 10.1 Å². The number of alkyl halides is 1. The molecule has 0 unspecified atom stereocenters. The van der Waals surface area contributed by atoms with Gasteiger partial charge in [-0.2, -0.15) is 8.42 Å². The van der Waals surface area contributed by atoms with Crippen LogP contribution in [-0.2, 0) is 10.1 Å². The number of nitrogens with one attached hydrogen (secondary N) is 1. The Kier molecular flexibility index (Phi) is 4.70. The molecule has 0 aromatic rings. The highest BCUT2D eigenvalue weighted by molar-refractivity contribution is 7.85. The Labute approximate surface area is 96.4 Å². The Bertz CT molecular complexity index is 308. The van der Waals surface area contributed by atoms with E-state index in [1.54, 1.807) is 0 Å². The summed E-state index contributed by atoms with van der Waals surface area (Å²) in [5.74, 6) is -2.95. The van der Waals surface area contributed by atoms with Gasteiger partial charge >= 0.3 is 0 Å². The SMILES string of the molecule is C[C@](F)(CS(=O)(=O)O)NC1CCCCCC1. The Morgan fingerprint density at radius 2 is 1.81 bits per heavy atom. The summed E-state index contributed by atoms with van der Waals surface area (Å²) in [6, 6.07) is 0.0132. The minimum absolute atomic E-state index is 0.0132. The van der Waals surface area contributed by atoms with E-state index in [-0.39, 0.29) is 6.04 Å². The van der Waals surface area contributed by atoms with Crippen LogP contribution in [0.15, 0.2) is 0 Å². The first-order valence-corrected chi connectivity index (χ1v) is 7.31. The van der Waals surface area contributed by atoms with Crippen LogP contribution < -0.4 is 5.32 Å². The first-order chi connectivity index (χ1) is 7.29. The minimum Gasteiger partial charge on any atom is -0.285 e. The van der Waals surface area contributed by atoms with Gasteiger partial charge in [0.1, 0.15) is 5.75 Å². The lowest BCUT2D eigenvalue weighted by molar-refractivity contribution is 0.138. The third-order valence-corrected chi connectivity index (χ3v) is 3.72. The van der Waals surface area contributed by atoms with Crippen LogP contribution in [0.2, 0.25) is 0 Å². The molecule has 0 amide bonds. The highest BCUT2D eigenvalue weighted by Crippen LogP contribution is 2.20. The van der Waals surface area contributed by atoms with E-state index in [0.29, 0.717) is 0 Å². The van der Waals surface area contributed by atoms with Crippen molar-refractivity contribution < 1.29 is 17.4 Å². The van der Waals surface area contributed by atoms with Crippen molar-refractivity contribution in [2.24, 2.45) is 0 Å². The van der Waals surface area contributed by atoms with Gasteiger partial charge in [0.15, 0.2) is 5.79 Å². The largest absolute Gasteiger partial charge is 0.285 e. The maximum atomic E-state index is 13.9. The second-order valence-electron chi connectivity index (χ2n) is 4.76. The van der Waals surface area contributed by atoms with Gasteiger partial charge in [-0.05, 0) is 19.8 Å². The van der Waals surface area contributed by atoms with Crippen LogP contribution in [0, 0.1) is 0 Å². The van der Waals surface area contributed by atoms with Crippen LogP contribution in [0.4, 0.5) is 4.39 Å². The molecule has 0 spiro atoms. The molecule has 2 N–H and O–H groups in total. The van der Waals surface area contributed by atoms with Gasteiger partial charge in [-0.1, -0.05) is 25.7 Å². The van der Waals surface area contributed by atoms with Crippen molar-refractivity contribution in [1.29, 1.82) is 0 Å². The van der Waals surface area contributed by atoms with Gasteiger partial charge in [0, 0.05) is 6.04 Å². The van der Waals surface area contributed by atoms with Crippen molar-refractivity contribution in [3.05, 3.63) is 0 Å². The normalized spacial score (nSPS) is 23.7. The molecule has 0 heterocycles. The van der Waals surface area contributed by atoms with Gasteiger partial charge in [-0.3, -0.25) is 9.87 Å². The summed E-state index contributed by atoms with van der Waals surface area (Å²) in [6.45, 7) is 1.16. The van der Waals surface area contributed by atoms with Gasteiger partial charge in [-0.15, -0.1) is 0 Å². The molecule has 96 valence electrons. The zero-order chi connectivity index (χ0) is 12.2. The molecular weight excluding hydrogens is 233 g/mol. The van der Waals surface area contributed by atoms with E-state index in [1.807, 2.05) is 0 Å². The third kappa shape index (κ3) is 5.77. The molecule has 0 aromatic carbocycles. The van der Waals surface area contributed by atoms with E-state index >= 15 is 0 Å². The van der Waals surface area contributed by atoms with Gasteiger partial charge in [0.2, 0.25) is 0 Å². The average Bonchev–Trinajstić information content (AvgIpc) is 2.26. The summed E-state index contributed by atoms with van der Waals surface area (Å²) in [5.41, 5.74) is 0. The zero-order valence-corrected chi connectivity index (χ0v) is 10.4. The Balaban J connectivity index is 2.50. The summed E-state index contributed by atoms with van der Waals surface area (Å²) in [7, 11) is -4.28. The molecule has 0 bridgehead atoms. The summed E-state index contributed by atoms with van der Waals surface area (Å²) < 4.78 is 43.7. The smallest absolute Gasteiger partial charge is 0.269 e. The molecule has 0 aromatic heterocycles. The van der Waals surface area contributed by atoms with Crippen LogP contribution in [-0.4, -0.2) is 30.6 Å². The van der Waals surface area contributed by atoms with E-state index in [1.165, 1.54) is 0 Å². The lowest BCUT2D eigenvalue weighted by atomic mass is 10.1. The van der Waals surface area contributed by atoms with E-state index in [0.717, 1.165) is 45.4 Å².